The first kappa shape index (κ1) is 38.7. The predicted octanol–water partition coefficient (Wildman–Crippen LogP) is 8.68. The second-order valence-electron chi connectivity index (χ2n) is 17.5. The second-order valence-corrected chi connectivity index (χ2v) is 17.5. The third kappa shape index (κ3) is 8.34. The van der Waals surface area contributed by atoms with Crippen molar-refractivity contribution in [1.82, 2.24) is 19.5 Å². The van der Waals surface area contributed by atoms with E-state index in [1.165, 1.54) is 57.8 Å². The van der Waals surface area contributed by atoms with Crippen LogP contribution in [0.5, 0.6) is 0 Å². The Balaban J connectivity index is 1.07. The molecule has 2 aromatic heterocycles. The van der Waals surface area contributed by atoms with E-state index in [0.29, 0.717) is 40.1 Å². The summed E-state index contributed by atoms with van der Waals surface area (Å²) in [6, 6.07) is 0. The smallest absolute Gasteiger partial charge is 0.309 e. The van der Waals surface area contributed by atoms with Crippen LogP contribution in [0.3, 0.4) is 0 Å². The molecule has 1 N–H and O–H groups in total. The van der Waals surface area contributed by atoms with E-state index in [-0.39, 0.29) is 42.7 Å². The number of nitrogens with one attached hydrogen (secondary N) is 1. The van der Waals surface area contributed by atoms with Gasteiger partial charge in [0.05, 0.1) is 18.2 Å². The molecule has 3 atom stereocenters. The first-order valence-corrected chi connectivity index (χ1v) is 21.2. The van der Waals surface area contributed by atoms with Crippen molar-refractivity contribution in [3.8, 4) is 12.3 Å². The monoisotopic (exact) mass is 743 g/mol. The largest absolute Gasteiger partial charge is 0.461 e. The summed E-state index contributed by atoms with van der Waals surface area (Å²) in [5.74, 6) is 2.61. The van der Waals surface area contributed by atoms with Crippen LogP contribution in [0, 0.1) is 41.9 Å². The number of rotatable bonds is 13. The molecule has 11 heteroatoms. The van der Waals surface area contributed by atoms with Crippen molar-refractivity contribution in [2.45, 2.75) is 179 Å². The fourth-order valence-electron chi connectivity index (χ4n) is 10.5. The van der Waals surface area contributed by atoms with E-state index >= 15 is 0 Å². The zero-order valence-corrected chi connectivity index (χ0v) is 32.7. The molecule has 2 aromatic rings. The lowest BCUT2D eigenvalue weighted by Gasteiger charge is -2.37. The van der Waals surface area contributed by atoms with Gasteiger partial charge in [0, 0.05) is 12.8 Å². The van der Waals surface area contributed by atoms with Crippen LogP contribution in [-0.2, 0) is 28.6 Å². The van der Waals surface area contributed by atoms with Gasteiger partial charge >= 0.3 is 11.9 Å². The van der Waals surface area contributed by atoms with Crippen LogP contribution in [0.15, 0.2) is 6.33 Å². The van der Waals surface area contributed by atoms with Gasteiger partial charge in [0.2, 0.25) is 11.5 Å². The first-order chi connectivity index (χ1) is 26.2. The van der Waals surface area contributed by atoms with Crippen LogP contribution in [0.1, 0.15) is 167 Å². The minimum absolute atomic E-state index is 0.115. The summed E-state index contributed by atoms with van der Waals surface area (Å²) in [7, 11) is 0. The predicted molar refractivity (Wildman–Crippen MR) is 205 cm³/mol. The van der Waals surface area contributed by atoms with Crippen LogP contribution >= 0.6 is 0 Å². The summed E-state index contributed by atoms with van der Waals surface area (Å²) < 4.78 is 20.8. The molecule has 0 unspecified atom stereocenters. The lowest BCUT2D eigenvalue weighted by atomic mass is 9.69. The highest BCUT2D eigenvalue weighted by Gasteiger charge is 2.53. The molecular formula is C43H61N5O6. The van der Waals surface area contributed by atoms with Gasteiger partial charge in [0.15, 0.2) is 17.0 Å². The zero-order valence-electron chi connectivity index (χ0n) is 32.7. The minimum atomic E-state index is -1.49. The molecular weight excluding hydrogens is 683 g/mol. The molecule has 11 nitrogen and oxygen atoms in total. The van der Waals surface area contributed by atoms with Crippen molar-refractivity contribution >= 4 is 34.8 Å². The highest BCUT2D eigenvalue weighted by Crippen LogP contribution is 2.52. The van der Waals surface area contributed by atoms with Gasteiger partial charge in [-0.3, -0.25) is 19.0 Å². The number of hydrogen-bond donors (Lipinski definition) is 1. The number of terminal acetylenes is 1. The Labute approximate surface area is 320 Å². The lowest BCUT2D eigenvalue weighted by molar-refractivity contribution is -0.173. The van der Waals surface area contributed by atoms with Gasteiger partial charge in [-0.15, -0.1) is 6.42 Å². The fourth-order valence-corrected chi connectivity index (χ4v) is 10.5. The van der Waals surface area contributed by atoms with Gasteiger partial charge in [-0.05, 0) is 101 Å². The topological polar surface area (TPSA) is 135 Å². The Morgan fingerprint density at radius 1 is 0.889 bits per heavy atom. The van der Waals surface area contributed by atoms with Crippen molar-refractivity contribution in [2.24, 2.45) is 22.7 Å². The van der Waals surface area contributed by atoms with Crippen LogP contribution in [0.25, 0.3) is 11.2 Å². The standard InChI is InChI=1S/C43H61N5O6/c1-4-6-7-8-9-14-34(49)47-37-36-38(46-30(3)45-37)48(29-44-36)35-27-33(53-40(51)32-17-25-42(26-18-32)21-12-13-22-42)43(5-2,54-35)28-52-39(50)31-15-23-41(24-16-31)19-10-11-20-41/h2,29,31-33,35H,4,6-28H2,1,3H3,(H,45,46,47,49)/t33-,35+,43+/m0/s1. The number of esters is 2. The average Bonchev–Trinajstić information content (AvgIpc) is 3.99. The highest BCUT2D eigenvalue weighted by molar-refractivity contribution is 5.96. The molecule has 3 heterocycles. The summed E-state index contributed by atoms with van der Waals surface area (Å²) in [6.45, 7) is 3.72. The number of anilines is 1. The van der Waals surface area contributed by atoms with Gasteiger partial charge in [-0.25, -0.2) is 15.0 Å². The Kier molecular flexibility index (Phi) is 12.0. The number of fused-ring (bicyclic) bond motifs is 1. The Morgan fingerprint density at radius 2 is 1.50 bits per heavy atom. The van der Waals surface area contributed by atoms with Crippen LogP contribution in [0.4, 0.5) is 5.82 Å². The van der Waals surface area contributed by atoms with E-state index < -0.39 is 17.9 Å². The molecule has 2 spiro atoms. The van der Waals surface area contributed by atoms with Crippen molar-refractivity contribution in [3.05, 3.63) is 12.2 Å². The normalized spacial score (nSPS) is 27.7. The quantitative estimate of drug-likeness (QED) is 0.121. The fraction of sp³-hybridized carbons (Fsp3) is 0.767. The summed E-state index contributed by atoms with van der Waals surface area (Å²) in [5, 5.41) is 2.95. The molecule has 294 valence electrons. The van der Waals surface area contributed by atoms with Crippen LogP contribution in [0.2, 0.25) is 0 Å². The maximum absolute atomic E-state index is 13.9. The molecule has 5 fully saturated rings. The first-order valence-electron chi connectivity index (χ1n) is 21.2. The zero-order chi connectivity index (χ0) is 37.8. The van der Waals surface area contributed by atoms with Crippen molar-refractivity contribution in [3.63, 3.8) is 0 Å². The molecule has 4 saturated carbocycles. The lowest BCUT2D eigenvalue weighted by Crippen LogP contribution is -2.47. The molecule has 1 saturated heterocycles. The molecule has 4 aliphatic carbocycles. The number of unbranched alkanes of at least 4 members (excludes halogenated alkanes) is 4. The van der Waals surface area contributed by atoms with E-state index in [9.17, 15) is 14.4 Å². The SMILES string of the molecule is C#C[C@]1(COC(=O)C2CCC3(CCCC3)CC2)O[C@@H](n2cnc3c(NC(=O)CCCCCCC)nc(C)nc32)C[C@@H]1OC(=O)C1CCC2(CCCC2)CC1. The van der Waals surface area contributed by atoms with Crippen molar-refractivity contribution in [1.29, 1.82) is 0 Å². The third-order valence-corrected chi connectivity index (χ3v) is 13.9. The number of aryl methyl sites for hydroxylation is 1. The second kappa shape index (κ2) is 16.7. The maximum Gasteiger partial charge on any atom is 0.309 e. The van der Waals surface area contributed by atoms with Gasteiger partial charge in [0.1, 0.15) is 24.8 Å². The average molecular weight is 744 g/mol. The van der Waals surface area contributed by atoms with Crippen molar-refractivity contribution < 1.29 is 28.6 Å². The molecule has 0 radical (unpaired) electrons. The Bertz CT molecular complexity index is 1680. The number of amides is 1. The van der Waals surface area contributed by atoms with Gasteiger partial charge in [-0.1, -0.05) is 64.2 Å². The molecule has 7 rings (SSSR count). The number of hydrogen-bond acceptors (Lipinski definition) is 9. The van der Waals surface area contributed by atoms with Gasteiger partial charge in [-0.2, -0.15) is 0 Å². The third-order valence-electron chi connectivity index (χ3n) is 13.9. The Morgan fingerprint density at radius 3 is 2.11 bits per heavy atom. The molecule has 5 aliphatic rings. The Hall–Kier alpha value is -3.52. The number of imidazole rings is 1. The van der Waals surface area contributed by atoms with E-state index in [2.05, 4.69) is 28.1 Å². The number of carbonyl (C=O) groups is 3. The summed E-state index contributed by atoms with van der Waals surface area (Å²) in [6.07, 6.45) is 29.9. The number of carbonyl (C=O) groups excluding carboxylic acids is 3. The summed E-state index contributed by atoms with van der Waals surface area (Å²) in [5.41, 5.74) is 0.202. The van der Waals surface area contributed by atoms with E-state index in [1.54, 1.807) is 17.8 Å². The number of aromatic nitrogens is 4. The van der Waals surface area contributed by atoms with Gasteiger partial charge < -0.3 is 19.5 Å². The number of ether oxygens (including phenoxy) is 3. The van der Waals surface area contributed by atoms with Crippen LogP contribution in [-0.4, -0.2) is 55.7 Å². The molecule has 54 heavy (non-hydrogen) atoms. The number of nitrogens with zero attached hydrogens (tertiary/aromatic N) is 4. The maximum atomic E-state index is 13.9. The van der Waals surface area contributed by atoms with E-state index in [1.807, 2.05) is 0 Å². The molecule has 1 aliphatic heterocycles. The molecule has 1 amide bonds. The van der Waals surface area contributed by atoms with Crippen LogP contribution < -0.4 is 5.32 Å². The molecule has 0 aromatic carbocycles. The summed E-state index contributed by atoms with van der Waals surface area (Å²) >= 11 is 0. The van der Waals surface area contributed by atoms with E-state index in [4.69, 9.17) is 25.6 Å². The highest BCUT2D eigenvalue weighted by atomic mass is 16.6. The summed E-state index contributed by atoms with van der Waals surface area (Å²) in [4.78, 5) is 54.1. The van der Waals surface area contributed by atoms with E-state index in [0.717, 1.165) is 77.0 Å². The van der Waals surface area contributed by atoms with Crippen molar-refractivity contribution in [2.75, 3.05) is 11.9 Å². The minimum Gasteiger partial charge on any atom is -0.461 e. The van der Waals surface area contributed by atoms with Gasteiger partial charge in [0.25, 0.3) is 0 Å². The molecule has 0 bridgehead atoms.